The van der Waals surface area contributed by atoms with Gasteiger partial charge in [-0.1, -0.05) is 24.3 Å². The van der Waals surface area contributed by atoms with Crippen molar-refractivity contribution in [3.63, 3.8) is 0 Å². The van der Waals surface area contributed by atoms with Gasteiger partial charge < -0.3 is 10.5 Å². The molecule has 0 fully saturated rings. The minimum atomic E-state index is -0.621. The fraction of sp³-hybridized carbons (Fsp3) is 0.182. The second-order valence-electron chi connectivity index (χ2n) is 7.19. The van der Waals surface area contributed by atoms with Crippen LogP contribution in [0.4, 0.5) is 10.2 Å². The maximum atomic E-state index is 13.2. The standard InChI is InChI=1S/C22H21FN8O3/c1-3-12-33-17-10-6-15(7-11-17)19-18(26-30-31(19)21-20(24)28-34-29-21)22(32)27-25-13(2)14-4-8-16(23)9-5-14/h4-11H,3,12H2,1-2H3,(H2,24,28)(H,27,32). The summed E-state index contributed by atoms with van der Waals surface area (Å²) in [7, 11) is 0. The first-order valence-corrected chi connectivity index (χ1v) is 10.4. The van der Waals surface area contributed by atoms with Crippen LogP contribution < -0.4 is 15.9 Å². The summed E-state index contributed by atoms with van der Waals surface area (Å²) >= 11 is 0. The number of carbonyl (C=O) groups excluding carboxylic acids is 1. The predicted molar refractivity (Wildman–Crippen MR) is 121 cm³/mol. The molecule has 11 nitrogen and oxygen atoms in total. The van der Waals surface area contributed by atoms with E-state index in [-0.39, 0.29) is 23.1 Å². The fourth-order valence-electron chi connectivity index (χ4n) is 3.05. The molecule has 0 radical (unpaired) electrons. The molecule has 0 saturated heterocycles. The molecule has 12 heteroatoms. The molecule has 4 aromatic rings. The number of nitrogens with zero attached hydrogens (tertiary/aromatic N) is 6. The lowest BCUT2D eigenvalue weighted by Crippen LogP contribution is -2.21. The Balaban J connectivity index is 1.67. The average Bonchev–Trinajstić information content (AvgIpc) is 3.47. The number of nitrogens with two attached hydrogens (primary N) is 1. The van der Waals surface area contributed by atoms with Crippen molar-refractivity contribution in [3.05, 3.63) is 65.6 Å². The third-order valence-electron chi connectivity index (χ3n) is 4.77. The molecule has 4 rings (SSSR count). The molecule has 0 atom stereocenters. The zero-order valence-corrected chi connectivity index (χ0v) is 18.4. The van der Waals surface area contributed by atoms with E-state index in [2.05, 4.69) is 35.8 Å². The van der Waals surface area contributed by atoms with Crippen molar-refractivity contribution >= 4 is 17.4 Å². The second-order valence-corrected chi connectivity index (χ2v) is 7.19. The zero-order valence-electron chi connectivity index (χ0n) is 18.4. The van der Waals surface area contributed by atoms with Crippen LogP contribution in [0.3, 0.4) is 0 Å². The Labute approximate surface area is 193 Å². The summed E-state index contributed by atoms with van der Waals surface area (Å²) in [4.78, 5) is 13.0. The molecule has 0 spiro atoms. The van der Waals surface area contributed by atoms with Crippen molar-refractivity contribution in [3.8, 4) is 22.8 Å². The van der Waals surface area contributed by atoms with E-state index in [0.29, 0.717) is 34.9 Å². The van der Waals surface area contributed by atoms with E-state index < -0.39 is 5.91 Å². The van der Waals surface area contributed by atoms with Crippen LogP contribution in [0.15, 0.2) is 58.3 Å². The molecule has 3 N–H and O–H groups in total. The number of aromatic nitrogens is 5. The second kappa shape index (κ2) is 9.90. The number of anilines is 1. The molecule has 2 aromatic heterocycles. The number of nitrogens with one attached hydrogen (secondary N) is 1. The number of hydrogen-bond donors (Lipinski definition) is 2. The first-order chi connectivity index (χ1) is 16.5. The van der Waals surface area contributed by atoms with Gasteiger partial charge in [-0.15, -0.1) is 5.10 Å². The number of nitrogen functional groups attached to an aromatic ring is 1. The van der Waals surface area contributed by atoms with Crippen molar-refractivity contribution in [1.29, 1.82) is 0 Å². The summed E-state index contributed by atoms with van der Waals surface area (Å²) in [6, 6.07) is 12.8. The van der Waals surface area contributed by atoms with E-state index in [1.165, 1.54) is 16.8 Å². The van der Waals surface area contributed by atoms with Crippen LogP contribution in [0, 0.1) is 5.82 Å². The summed E-state index contributed by atoms with van der Waals surface area (Å²) < 4.78 is 24.7. The van der Waals surface area contributed by atoms with Gasteiger partial charge in [0.05, 0.1) is 12.3 Å². The van der Waals surface area contributed by atoms with E-state index in [1.54, 1.807) is 43.3 Å². The van der Waals surface area contributed by atoms with Crippen molar-refractivity contribution < 1.29 is 18.6 Å². The highest BCUT2D eigenvalue weighted by molar-refractivity contribution is 6.02. The molecule has 0 bridgehead atoms. The average molecular weight is 464 g/mol. The molecule has 0 aliphatic rings. The smallest absolute Gasteiger partial charge is 0.294 e. The highest BCUT2D eigenvalue weighted by atomic mass is 19.1. The number of halogens is 1. The van der Waals surface area contributed by atoms with Gasteiger partial charge >= 0.3 is 0 Å². The molecule has 2 heterocycles. The molecule has 0 unspecified atom stereocenters. The normalized spacial score (nSPS) is 11.4. The van der Waals surface area contributed by atoms with Gasteiger partial charge in [0.15, 0.2) is 5.69 Å². The molecular formula is C22H21FN8O3. The Morgan fingerprint density at radius 1 is 1.18 bits per heavy atom. The summed E-state index contributed by atoms with van der Waals surface area (Å²) in [6.45, 7) is 4.28. The first kappa shape index (κ1) is 22.6. The summed E-state index contributed by atoms with van der Waals surface area (Å²) in [5, 5.41) is 19.5. The Hall–Kier alpha value is -4.61. The molecule has 1 amide bonds. The van der Waals surface area contributed by atoms with E-state index in [0.717, 1.165) is 6.42 Å². The van der Waals surface area contributed by atoms with Gasteiger partial charge in [-0.3, -0.25) is 4.79 Å². The number of rotatable bonds is 8. The van der Waals surface area contributed by atoms with Crippen LogP contribution >= 0.6 is 0 Å². The van der Waals surface area contributed by atoms with Crippen LogP contribution in [0.5, 0.6) is 5.75 Å². The van der Waals surface area contributed by atoms with Crippen molar-refractivity contribution in [2.45, 2.75) is 20.3 Å². The maximum Gasteiger partial charge on any atom is 0.294 e. The third-order valence-corrected chi connectivity index (χ3v) is 4.77. The Bertz CT molecular complexity index is 1310. The number of benzene rings is 2. The van der Waals surface area contributed by atoms with Gasteiger partial charge in [-0.25, -0.2) is 14.4 Å². The lowest BCUT2D eigenvalue weighted by molar-refractivity contribution is 0.0950. The highest BCUT2D eigenvalue weighted by Gasteiger charge is 2.25. The lowest BCUT2D eigenvalue weighted by atomic mass is 10.1. The van der Waals surface area contributed by atoms with Crippen LogP contribution in [-0.4, -0.2) is 43.5 Å². The zero-order chi connectivity index (χ0) is 24.1. The third kappa shape index (κ3) is 4.75. The minimum absolute atomic E-state index is 0.0221. The van der Waals surface area contributed by atoms with Crippen LogP contribution in [0.25, 0.3) is 17.1 Å². The first-order valence-electron chi connectivity index (χ1n) is 10.4. The molecule has 0 aliphatic carbocycles. The van der Waals surface area contributed by atoms with Gasteiger partial charge in [0, 0.05) is 5.56 Å². The van der Waals surface area contributed by atoms with Crippen molar-refractivity contribution in [2.24, 2.45) is 5.10 Å². The van der Waals surface area contributed by atoms with Crippen LogP contribution in [-0.2, 0) is 0 Å². The Morgan fingerprint density at radius 2 is 1.91 bits per heavy atom. The Kier molecular flexibility index (Phi) is 6.57. The number of hydrazone groups is 1. The minimum Gasteiger partial charge on any atom is -0.494 e. The number of amides is 1. The summed E-state index contributed by atoms with van der Waals surface area (Å²) in [5.41, 5.74) is 10.3. The molecule has 174 valence electrons. The molecule has 2 aromatic carbocycles. The largest absolute Gasteiger partial charge is 0.494 e. The van der Waals surface area contributed by atoms with E-state index in [9.17, 15) is 9.18 Å². The highest BCUT2D eigenvalue weighted by Crippen LogP contribution is 2.28. The number of hydrogen-bond acceptors (Lipinski definition) is 9. The summed E-state index contributed by atoms with van der Waals surface area (Å²) in [6.07, 6.45) is 0.874. The van der Waals surface area contributed by atoms with Crippen molar-refractivity contribution in [2.75, 3.05) is 12.3 Å². The molecule has 34 heavy (non-hydrogen) atoms. The maximum absolute atomic E-state index is 13.2. The van der Waals surface area contributed by atoms with E-state index >= 15 is 0 Å². The van der Waals surface area contributed by atoms with E-state index in [1.807, 2.05) is 6.92 Å². The van der Waals surface area contributed by atoms with E-state index in [4.69, 9.17) is 10.5 Å². The predicted octanol–water partition coefficient (Wildman–Crippen LogP) is 2.98. The monoisotopic (exact) mass is 464 g/mol. The van der Waals surface area contributed by atoms with Gasteiger partial charge in [0.2, 0.25) is 11.6 Å². The fourth-order valence-corrected chi connectivity index (χ4v) is 3.05. The number of ether oxygens (including phenoxy) is 1. The van der Waals surface area contributed by atoms with Crippen LogP contribution in [0.2, 0.25) is 0 Å². The quantitative estimate of drug-likeness (QED) is 0.299. The van der Waals surface area contributed by atoms with Gasteiger partial charge in [0.25, 0.3) is 5.91 Å². The SMILES string of the molecule is CCCOc1ccc(-c2c(C(=O)NN=C(C)c3ccc(F)cc3)nnn2-c2nonc2N)cc1. The lowest BCUT2D eigenvalue weighted by Gasteiger charge is -2.08. The Morgan fingerprint density at radius 3 is 2.56 bits per heavy atom. The molecule has 0 saturated carbocycles. The van der Waals surface area contributed by atoms with Crippen molar-refractivity contribution in [1.82, 2.24) is 30.7 Å². The van der Waals surface area contributed by atoms with Gasteiger partial charge in [-0.2, -0.15) is 9.78 Å². The van der Waals surface area contributed by atoms with Crippen LogP contribution in [0.1, 0.15) is 36.3 Å². The molecule has 0 aliphatic heterocycles. The topological polar surface area (TPSA) is 146 Å². The number of carbonyl (C=O) groups is 1. The van der Waals surface area contributed by atoms with Gasteiger partial charge in [-0.05, 0) is 65.6 Å². The van der Waals surface area contributed by atoms with Gasteiger partial charge in [0.1, 0.15) is 17.3 Å². The molecular weight excluding hydrogens is 443 g/mol. The summed E-state index contributed by atoms with van der Waals surface area (Å²) in [5.74, 6) is -0.249.